The molecule has 0 aliphatic heterocycles. The molecule has 0 radical (unpaired) electrons. The number of H-pyrrole nitrogens is 1. The van der Waals surface area contributed by atoms with Crippen LogP contribution >= 0.6 is 0 Å². The van der Waals surface area contributed by atoms with Crippen LogP contribution < -0.4 is 27.0 Å². The van der Waals surface area contributed by atoms with Gasteiger partial charge in [0.05, 0.1) is 12.7 Å². The summed E-state index contributed by atoms with van der Waals surface area (Å²) in [6.45, 7) is 1.19. The highest BCUT2D eigenvalue weighted by molar-refractivity contribution is 5.96. The third-order valence-electron chi connectivity index (χ3n) is 6.64. The molecule has 45 heavy (non-hydrogen) atoms. The number of nitrogens with two attached hydrogens (primary N) is 1. The smallest absolute Gasteiger partial charge is 0.305 e. The Morgan fingerprint density at radius 2 is 1.29 bits per heavy atom. The molecule has 238 valence electrons. The summed E-state index contributed by atoms with van der Waals surface area (Å²) in [6, 6.07) is 9.34. The molecular formula is C30H35N7O8. The second-order valence-corrected chi connectivity index (χ2v) is 10.3. The van der Waals surface area contributed by atoms with Gasteiger partial charge in [-0.25, -0.2) is 4.98 Å². The number of aliphatic carboxylic acids is 1. The van der Waals surface area contributed by atoms with Crippen LogP contribution in [0.2, 0.25) is 0 Å². The van der Waals surface area contributed by atoms with Gasteiger partial charge in [0, 0.05) is 38.1 Å². The number of aromatic amines is 1. The van der Waals surface area contributed by atoms with E-state index >= 15 is 0 Å². The Kier molecular flexibility index (Phi) is 12.2. The van der Waals surface area contributed by atoms with Gasteiger partial charge in [0.1, 0.15) is 29.9 Å². The van der Waals surface area contributed by atoms with E-state index in [1.54, 1.807) is 30.3 Å². The Morgan fingerprint density at radius 1 is 0.756 bits per heavy atom. The first-order valence-corrected chi connectivity index (χ1v) is 13.9. The van der Waals surface area contributed by atoms with E-state index in [9.17, 15) is 39.0 Å². The quantitative estimate of drug-likeness (QED) is 0.0982. The van der Waals surface area contributed by atoms with Crippen LogP contribution in [0.5, 0.6) is 5.75 Å². The number of carbonyl (C=O) groups excluding carboxylic acids is 5. The van der Waals surface area contributed by atoms with Crippen LogP contribution in [-0.2, 0) is 48.0 Å². The number of aromatic nitrogens is 2. The monoisotopic (exact) mass is 621 g/mol. The number of carboxylic acids is 1. The van der Waals surface area contributed by atoms with Crippen LogP contribution in [0, 0.1) is 0 Å². The molecule has 0 spiro atoms. The third-order valence-corrected chi connectivity index (χ3v) is 6.64. The van der Waals surface area contributed by atoms with E-state index in [0.717, 1.165) is 5.56 Å². The van der Waals surface area contributed by atoms with Crippen molar-refractivity contribution in [3.8, 4) is 5.75 Å². The third kappa shape index (κ3) is 11.1. The average molecular weight is 622 g/mol. The van der Waals surface area contributed by atoms with Gasteiger partial charge in [0.15, 0.2) is 0 Å². The van der Waals surface area contributed by atoms with E-state index in [4.69, 9.17) is 5.73 Å². The molecule has 0 saturated carbocycles. The number of carbonyl (C=O) groups is 6. The van der Waals surface area contributed by atoms with Crippen molar-refractivity contribution in [2.75, 3.05) is 0 Å². The largest absolute Gasteiger partial charge is 0.508 e. The lowest BCUT2D eigenvalue weighted by Gasteiger charge is -2.25. The predicted octanol–water partition coefficient (Wildman–Crippen LogP) is -0.938. The fourth-order valence-electron chi connectivity index (χ4n) is 4.42. The number of benzene rings is 2. The van der Waals surface area contributed by atoms with Gasteiger partial charge in [-0.05, 0) is 23.3 Å². The zero-order valence-corrected chi connectivity index (χ0v) is 24.4. The number of rotatable bonds is 16. The van der Waals surface area contributed by atoms with Crippen LogP contribution in [-0.4, -0.2) is 79.9 Å². The van der Waals surface area contributed by atoms with Crippen LogP contribution in [0.4, 0.5) is 0 Å². The Morgan fingerprint density at radius 3 is 1.84 bits per heavy atom. The van der Waals surface area contributed by atoms with Gasteiger partial charge < -0.3 is 42.2 Å². The molecule has 4 atom stereocenters. The first-order valence-electron chi connectivity index (χ1n) is 13.9. The first-order chi connectivity index (χ1) is 21.4. The van der Waals surface area contributed by atoms with Crippen LogP contribution in [0.3, 0.4) is 0 Å². The lowest BCUT2D eigenvalue weighted by molar-refractivity contribution is -0.141. The molecule has 15 heteroatoms. The lowest BCUT2D eigenvalue weighted by atomic mass is 10.0. The molecule has 0 saturated heterocycles. The molecule has 0 fully saturated rings. The molecule has 9 N–H and O–H groups in total. The van der Waals surface area contributed by atoms with Crippen molar-refractivity contribution in [1.29, 1.82) is 0 Å². The summed E-state index contributed by atoms with van der Waals surface area (Å²) in [5, 5.41) is 28.9. The molecule has 3 rings (SSSR count). The minimum absolute atomic E-state index is 0.00610. The Hall–Kier alpha value is -5.73. The zero-order chi connectivity index (χ0) is 32.9. The number of phenolic OH excluding ortho intramolecular Hbond substituents is 1. The van der Waals surface area contributed by atoms with E-state index in [1.807, 2.05) is 0 Å². The van der Waals surface area contributed by atoms with Gasteiger partial charge in [-0.1, -0.05) is 42.5 Å². The molecular weight excluding hydrogens is 586 g/mol. The van der Waals surface area contributed by atoms with Crippen molar-refractivity contribution in [3.05, 3.63) is 83.9 Å². The predicted molar refractivity (Wildman–Crippen MR) is 159 cm³/mol. The number of hydrogen-bond donors (Lipinski definition) is 8. The normalized spacial score (nSPS) is 13.4. The number of carboxylic acid groups (broad SMARTS) is 1. The van der Waals surface area contributed by atoms with Gasteiger partial charge in [-0.2, -0.15) is 0 Å². The van der Waals surface area contributed by atoms with E-state index in [-0.39, 0.29) is 25.0 Å². The molecule has 1 aromatic heterocycles. The van der Waals surface area contributed by atoms with Crippen molar-refractivity contribution in [1.82, 2.24) is 31.2 Å². The summed E-state index contributed by atoms with van der Waals surface area (Å²) >= 11 is 0. The molecule has 2 aromatic carbocycles. The topological polar surface area (TPSA) is 246 Å². The second kappa shape index (κ2) is 16.2. The zero-order valence-electron chi connectivity index (χ0n) is 24.4. The summed E-state index contributed by atoms with van der Waals surface area (Å²) < 4.78 is 0. The van der Waals surface area contributed by atoms with Crippen molar-refractivity contribution < 1.29 is 39.0 Å². The molecule has 0 bridgehead atoms. The molecule has 15 nitrogen and oxygen atoms in total. The number of nitrogens with zero attached hydrogens (tertiary/aromatic N) is 1. The van der Waals surface area contributed by atoms with Gasteiger partial charge in [0.25, 0.3) is 0 Å². The maximum absolute atomic E-state index is 13.4. The summed E-state index contributed by atoms with van der Waals surface area (Å²) in [7, 11) is 0. The van der Waals surface area contributed by atoms with E-state index < -0.39 is 66.1 Å². The fourth-order valence-corrected chi connectivity index (χ4v) is 4.42. The standard InChI is InChI=1S/C30H35N7O8/c1-17(38)34-23(12-19-7-9-21(39)10-8-19)28(43)37-25(14-26(40)41)30(45)36-24(13-20-15-32-16-33-20)29(44)35-22(27(31)42)11-18-5-3-2-4-6-18/h2-10,15-16,22-25,39H,11-14H2,1H3,(H2,31,42)(H,32,33)(H,34,38)(H,35,44)(H,36,45)(H,37,43)(H,40,41)/t22-,23-,24-,25-/m0/s1. The van der Waals surface area contributed by atoms with Crippen molar-refractivity contribution in [3.63, 3.8) is 0 Å². The Bertz CT molecular complexity index is 1480. The van der Waals surface area contributed by atoms with Gasteiger partial charge in [-0.3, -0.25) is 28.8 Å². The summed E-state index contributed by atoms with van der Waals surface area (Å²) in [6.07, 6.45) is 1.85. The second-order valence-electron chi connectivity index (χ2n) is 10.3. The average Bonchev–Trinajstić information content (AvgIpc) is 3.50. The molecule has 5 amide bonds. The van der Waals surface area contributed by atoms with Gasteiger partial charge in [-0.15, -0.1) is 0 Å². The molecule has 0 aliphatic rings. The number of nitrogens with one attached hydrogen (secondary N) is 5. The Balaban J connectivity index is 1.79. The van der Waals surface area contributed by atoms with E-state index in [2.05, 4.69) is 31.2 Å². The first kappa shape index (κ1) is 33.8. The number of phenols is 1. The lowest BCUT2D eigenvalue weighted by Crippen LogP contribution is -2.59. The highest BCUT2D eigenvalue weighted by atomic mass is 16.4. The summed E-state index contributed by atoms with van der Waals surface area (Å²) in [4.78, 5) is 82.4. The molecule has 0 unspecified atom stereocenters. The maximum Gasteiger partial charge on any atom is 0.305 e. The maximum atomic E-state index is 13.4. The van der Waals surface area contributed by atoms with Crippen molar-refractivity contribution in [2.24, 2.45) is 5.73 Å². The molecule has 0 aliphatic carbocycles. The van der Waals surface area contributed by atoms with Crippen LogP contribution in [0.1, 0.15) is 30.2 Å². The molecule has 3 aromatic rings. The minimum atomic E-state index is -1.65. The highest BCUT2D eigenvalue weighted by Crippen LogP contribution is 2.12. The van der Waals surface area contributed by atoms with Gasteiger partial charge in [0.2, 0.25) is 29.5 Å². The van der Waals surface area contributed by atoms with Crippen molar-refractivity contribution >= 4 is 35.5 Å². The van der Waals surface area contributed by atoms with Crippen LogP contribution in [0.15, 0.2) is 67.1 Å². The fraction of sp³-hybridized carbons (Fsp3) is 0.300. The van der Waals surface area contributed by atoms with Crippen molar-refractivity contribution in [2.45, 2.75) is 56.8 Å². The van der Waals surface area contributed by atoms with E-state index in [0.29, 0.717) is 11.3 Å². The molecule has 1 heterocycles. The highest BCUT2D eigenvalue weighted by Gasteiger charge is 2.32. The SMILES string of the molecule is CC(=O)N[C@@H](Cc1ccc(O)cc1)C(=O)N[C@@H](CC(=O)O)C(=O)N[C@@H](Cc1cnc[nH]1)C(=O)N[C@@H](Cc1ccccc1)C(N)=O. The number of imidazole rings is 1. The summed E-state index contributed by atoms with van der Waals surface area (Å²) in [5.41, 5.74) is 7.27. The number of primary amides is 1. The summed E-state index contributed by atoms with van der Waals surface area (Å²) in [5.74, 6) is -5.44. The number of aromatic hydroxyl groups is 1. The van der Waals surface area contributed by atoms with Crippen LogP contribution in [0.25, 0.3) is 0 Å². The number of hydrogen-bond acceptors (Lipinski definition) is 8. The Labute approximate surface area is 258 Å². The minimum Gasteiger partial charge on any atom is -0.508 e. The number of amides is 5. The van der Waals surface area contributed by atoms with Gasteiger partial charge >= 0.3 is 5.97 Å². The van der Waals surface area contributed by atoms with E-state index in [1.165, 1.54) is 43.7 Å².